The average Bonchev–Trinajstić information content (AvgIpc) is 2.44. The summed E-state index contributed by atoms with van der Waals surface area (Å²) < 4.78 is 12.9. The van der Waals surface area contributed by atoms with E-state index in [4.69, 9.17) is 0 Å². The summed E-state index contributed by atoms with van der Waals surface area (Å²) in [5, 5.41) is 13.9. The largest absolute Gasteiger partial charge is 0.379 e. The Hall–Kier alpha value is -1.46. The van der Waals surface area contributed by atoms with Crippen molar-refractivity contribution in [3.8, 4) is 0 Å². The van der Waals surface area contributed by atoms with Gasteiger partial charge in [-0.3, -0.25) is 4.79 Å². The molecule has 1 atom stereocenters. The molecule has 1 saturated heterocycles. The summed E-state index contributed by atoms with van der Waals surface area (Å²) in [4.78, 5) is 14.3. The summed E-state index contributed by atoms with van der Waals surface area (Å²) in [5.41, 5.74) is -0.649. The van der Waals surface area contributed by atoms with Gasteiger partial charge in [0.25, 0.3) is 5.91 Å². The highest BCUT2D eigenvalue weighted by Gasteiger charge is 2.42. The van der Waals surface area contributed by atoms with Crippen molar-refractivity contribution >= 4 is 5.91 Å². The van der Waals surface area contributed by atoms with Crippen molar-refractivity contribution in [2.24, 2.45) is 0 Å². The predicted molar refractivity (Wildman–Crippen MR) is 83.8 cm³/mol. The Kier molecular flexibility index (Phi) is 4.87. The van der Waals surface area contributed by atoms with Gasteiger partial charge in [0.2, 0.25) is 0 Å². The maximum Gasteiger partial charge on any atom is 0.256 e. The second kappa shape index (κ2) is 6.34. The first kappa shape index (κ1) is 16.9. The van der Waals surface area contributed by atoms with E-state index >= 15 is 0 Å². The Bertz CT molecular complexity index is 524. The zero-order valence-corrected chi connectivity index (χ0v) is 13.5. The van der Waals surface area contributed by atoms with Crippen molar-refractivity contribution in [2.75, 3.05) is 13.1 Å². The first-order valence-corrected chi connectivity index (χ1v) is 7.71. The van der Waals surface area contributed by atoms with E-state index in [0.29, 0.717) is 19.5 Å². The molecule has 0 spiro atoms. The first-order chi connectivity index (χ1) is 10.2. The maximum atomic E-state index is 12.9. The van der Waals surface area contributed by atoms with Gasteiger partial charge in [0.05, 0.1) is 0 Å². The number of hydrogen-bond donors (Lipinski definition) is 2. The normalized spacial score (nSPS) is 23.0. The van der Waals surface area contributed by atoms with Crippen LogP contribution in [0.15, 0.2) is 24.3 Å². The van der Waals surface area contributed by atoms with Crippen molar-refractivity contribution in [1.82, 2.24) is 10.2 Å². The molecule has 2 N–H and O–H groups in total. The lowest BCUT2D eigenvalue weighted by molar-refractivity contribution is -0.157. The second-order valence-corrected chi connectivity index (χ2v) is 7.09. The van der Waals surface area contributed by atoms with E-state index in [-0.39, 0.29) is 23.8 Å². The molecular weight excluding hydrogens is 283 g/mol. The number of benzene rings is 1. The standard InChI is InChI=1S/C17H25FN2O2/c1-16(2,3)19-12-17(22)9-4-10-20(15(17)21)11-13-5-7-14(18)8-6-13/h5-8,19,22H,4,9-12H2,1-3H3. The van der Waals surface area contributed by atoms with Gasteiger partial charge in [-0.25, -0.2) is 4.39 Å². The van der Waals surface area contributed by atoms with Gasteiger partial charge in [-0.2, -0.15) is 0 Å². The summed E-state index contributed by atoms with van der Waals surface area (Å²) in [6.45, 7) is 7.26. The van der Waals surface area contributed by atoms with Crippen molar-refractivity contribution in [1.29, 1.82) is 0 Å². The summed E-state index contributed by atoms with van der Waals surface area (Å²) in [6.07, 6.45) is 1.23. The molecule has 2 rings (SSSR count). The fourth-order valence-electron chi connectivity index (χ4n) is 2.60. The van der Waals surface area contributed by atoms with Crippen LogP contribution in [0.1, 0.15) is 39.2 Å². The Labute approximate surface area is 131 Å². The van der Waals surface area contributed by atoms with Crippen LogP contribution >= 0.6 is 0 Å². The van der Waals surface area contributed by atoms with E-state index in [2.05, 4.69) is 5.32 Å². The van der Waals surface area contributed by atoms with E-state index in [1.54, 1.807) is 17.0 Å². The third-order valence-corrected chi connectivity index (χ3v) is 3.90. The van der Waals surface area contributed by atoms with Crippen molar-refractivity contribution in [3.05, 3.63) is 35.6 Å². The SMILES string of the molecule is CC(C)(C)NCC1(O)CCCN(Cc2ccc(F)cc2)C1=O. The van der Waals surface area contributed by atoms with Gasteiger partial charge >= 0.3 is 0 Å². The Morgan fingerprint density at radius 2 is 1.95 bits per heavy atom. The highest BCUT2D eigenvalue weighted by Crippen LogP contribution is 2.24. The molecule has 0 saturated carbocycles. The molecule has 1 heterocycles. The lowest BCUT2D eigenvalue weighted by atomic mass is 9.90. The number of rotatable bonds is 4. The van der Waals surface area contributed by atoms with Gasteiger partial charge < -0.3 is 15.3 Å². The van der Waals surface area contributed by atoms with E-state index in [9.17, 15) is 14.3 Å². The Morgan fingerprint density at radius 1 is 1.32 bits per heavy atom. The molecule has 1 unspecified atom stereocenters. The number of nitrogens with one attached hydrogen (secondary N) is 1. The number of halogens is 1. The zero-order valence-electron chi connectivity index (χ0n) is 13.5. The van der Waals surface area contributed by atoms with Gasteiger partial charge in [-0.1, -0.05) is 12.1 Å². The molecule has 1 aliphatic heterocycles. The third kappa shape index (κ3) is 4.27. The van der Waals surface area contributed by atoms with Gasteiger partial charge in [-0.05, 0) is 51.3 Å². The van der Waals surface area contributed by atoms with Gasteiger partial charge in [0.1, 0.15) is 5.82 Å². The Morgan fingerprint density at radius 3 is 2.55 bits per heavy atom. The lowest BCUT2D eigenvalue weighted by Gasteiger charge is -2.39. The maximum absolute atomic E-state index is 12.9. The van der Waals surface area contributed by atoms with E-state index in [1.807, 2.05) is 20.8 Å². The number of nitrogens with zero attached hydrogens (tertiary/aromatic N) is 1. The van der Waals surface area contributed by atoms with Crippen LogP contribution in [0.4, 0.5) is 4.39 Å². The molecule has 1 aliphatic rings. The van der Waals surface area contributed by atoms with Crippen molar-refractivity contribution in [2.45, 2.75) is 51.3 Å². The summed E-state index contributed by atoms with van der Waals surface area (Å²) in [5.74, 6) is -0.542. The monoisotopic (exact) mass is 308 g/mol. The van der Waals surface area contributed by atoms with Crippen LogP contribution in [0, 0.1) is 5.82 Å². The molecule has 5 heteroatoms. The molecule has 1 aromatic carbocycles. The molecular formula is C17H25FN2O2. The average molecular weight is 308 g/mol. The quantitative estimate of drug-likeness (QED) is 0.895. The number of carbonyl (C=O) groups is 1. The molecule has 122 valence electrons. The zero-order chi connectivity index (χ0) is 16.4. The fourth-order valence-corrected chi connectivity index (χ4v) is 2.60. The number of β-amino-alcohol motifs (C(OH)–C–C–N with tert-alkyl or cyclic N) is 1. The molecule has 4 nitrogen and oxygen atoms in total. The third-order valence-electron chi connectivity index (χ3n) is 3.90. The molecule has 1 aromatic rings. The van der Waals surface area contributed by atoms with Crippen LogP contribution in [-0.4, -0.2) is 40.1 Å². The number of piperidine rings is 1. The predicted octanol–water partition coefficient (Wildman–Crippen LogP) is 2.07. The minimum atomic E-state index is -1.36. The summed E-state index contributed by atoms with van der Waals surface area (Å²) in [6, 6.07) is 6.11. The summed E-state index contributed by atoms with van der Waals surface area (Å²) in [7, 11) is 0. The van der Waals surface area contributed by atoms with Crippen LogP contribution in [0.2, 0.25) is 0 Å². The van der Waals surface area contributed by atoms with Crippen LogP contribution in [0.3, 0.4) is 0 Å². The number of likely N-dealkylation sites (tertiary alicyclic amines) is 1. The minimum Gasteiger partial charge on any atom is -0.379 e. The molecule has 22 heavy (non-hydrogen) atoms. The Balaban J connectivity index is 2.04. The molecule has 1 fully saturated rings. The van der Waals surface area contributed by atoms with E-state index in [0.717, 1.165) is 12.0 Å². The smallest absolute Gasteiger partial charge is 0.256 e. The molecule has 0 bridgehead atoms. The van der Waals surface area contributed by atoms with Gasteiger partial charge in [-0.15, -0.1) is 0 Å². The molecule has 0 aromatic heterocycles. The van der Waals surface area contributed by atoms with Gasteiger partial charge in [0.15, 0.2) is 5.60 Å². The highest BCUT2D eigenvalue weighted by atomic mass is 19.1. The van der Waals surface area contributed by atoms with Crippen LogP contribution in [0.5, 0.6) is 0 Å². The molecule has 0 aliphatic carbocycles. The number of aliphatic hydroxyl groups is 1. The van der Waals surface area contributed by atoms with E-state index < -0.39 is 5.60 Å². The van der Waals surface area contributed by atoms with Crippen molar-refractivity contribution in [3.63, 3.8) is 0 Å². The van der Waals surface area contributed by atoms with E-state index in [1.165, 1.54) is 12.1 Å². The summed E-state index contributed by atoms with van der Waals surface area (Å²) >= 11 is 0. The highest BCUT2D eigenvalue weighted by molar-refractivity contribution is 5.86. The number of hydrogen-bond acceptors (Lipinski definition) is 3. The molecule has 0 radical (unpaired) electrons. The minimum absolute atomic E-state index is 0.157. The van der Waals surface area contributed by atoms with Crippen LogP contribution < -0.4 is 5.32 Å². The van der Waals surface area contributed by atoms with Gasteiger partial charge in [0, 0.05) is 25.2 Å². The van der Waals surface area contributed by atoms with Crippen molar-refractivity contribution < 1.29 is 14.3 Å². The second-order valence-electron chi connectivity index (χ2n) is 7.09. The lowest BCUT2D eigenvalue weighted by Crippen LogP contribution is -2.59. The van der Waals surface area contributed by atoms with Crippen LogP contribution in [-0.2, 0) is 11.3 Å². The molecule has 1 amide bonds. The number of carbonyl (C=O) groups excluding carboxylic acids is 1. The number of amides is 1. The fraction of sp³-hybridized carbons (Fsp3) is 0.588. The first-order valence-electron chi connectivity index (χ1n) is 7.71. The topological polar surface area (TPSA) is 52.6 Å². The van der Waals surface area contributed by atoms with Crippen LogP contribution in [0.25, 0.3) is 0 Å².